The number of rotatable bonds is 4. The minimum absolute atomic E-state index is 0.0576. The Kier molecular flexibility index (Phi) is 4.57. The summed E-state index contributed by atoms with van der Waals surface area (Å²) in [4.78, 5) is 29.6. The lowest BCUT2D eigenvalue weighted by Crippen LogP contribution is -2.49. The third-order valence-electron chi connectivity index (χ3n) is 4.68. The van der Waals surface area contributed by atoms with E-state index in [4.69, 9.17) is 0 Å². The van der Waals surface area contributed by atoms with E-state index in [1.807, 2.05) is 17.8 Å². The molecule has 1 aromatic carbocycles. The average molecular weight is 382 g/mol. The van der Waals surface area contributed by atoms with Gasteiger partial charge in [0.15, 0.2) is 5.69 Å². The van der Waals surface area contributed by atoms with Crippen LogP contribution in [-0.4, -0.2) is 59.9 Å². The molecule has 2 aromatic heterocycles. The highest BCUT2D eigenvalue weighted by Gasteiger charge is 2.32. The summed E-state index contributed by atoms with van der Waals surface area (Å²) in [5.74, 6) is 0.526. The summed E-state index contributed by atoms with van der Waals surface area (Å²) in [7, 11) is 1.89. The Bertz CT molecular complexity index is 1030. The number of hydrogen-bond acceptors (Lipinski definition) is 7. The molecule has 1 amide bonds. The number of aryl methyl sites for hydroxylation is 1. The summed E-state index contributed by atoms with van der Waals surface area (Å²) in [6.07, 6.45) is 5.02. The maximum Gasteiger partial charge on any atom is 0.276 e. The maximum atomic E-state index is 13.1. The molecule has 0 saturated carbocycles. The lowest BCUT2D eigenvalue weighted by Gasteiger charge is -2.35. The van der Waals surface area contributed by atoms with Crippen LogP contribution in [0.1, 0.15) is 22.4 Å². The van der Waals surface area contributed by atoms with E-state index >= 15 is 0 Å². The Labute approximate surface area is 159 Å². The third-order valence-corrected chi connectivity index (χ3v) is 4.68. The molecule has 0 aliphatic carbocycles. The first kappa shape index (κ1) is 17.8. The van der Waals surface area contributed by atoms with Gasteiger partial charge in [0.05, 0.1) is 16.8 Å². The predicted molar refractivity (Wildman–Crippen MR) is 97.9 cm³/mol. The van der Waals surface area contributed by atoms with Crippen LogP contribution in [0.2, 0.25) is 0 Å². The molecule has 1 saturated heterocycles. The smallest absolute Gasteiger partial charge is 0.276 e. The highest BCUT2D eigenvalue weighted by molar-refractivity contribution is 5.92. The van der Waals surface area contributed by atoms with E-state index in [9.17, 15) is 14.9 Å². The van der Waals surface area contributed by atoms with Crippen molar-refractivity contribution in [3.05, 3.63) is 64.5 Å². The van der Waals surface area contributed by atoms with E-state index in [1.54, 1.807) is 23.2 Å². The second-order valence-electron chi connectivity index (χ2n) is 6.44. The van der Waals surface area contributed by atoms with E-state index in [1.165, 1.54) is 23.0 Å². The van der Waals surface area contributed by atoms with Gasteiger partial charge in [-0.25, -0.2) is 9.67 Å². The van der Waals surface area contributed by atoms with E-state index < -0.39 is 4.92 Å². The van der Waals surface area contributed by atoms with Crippen molar-refractivity contribution in [3.8, 4) is 5.69 Å². The number of benzene rings is 1. The molecule has 1 fully saturated rings. The number of nitro groups is 1. The molecule has 1 N–H and O–H groups in total. The largest absolute Gasteiger partial charge is 0.336 e. The van der Waals surface area contributed by atoms with Gasteiger partial charge in [0, 0.05) is 51.2 Å². The zero-order valence-electron chi connectivity index (χ0n) is 15.1. The van der Waals surface area contributed by atoms with Crippen molar-refractivity contribution >= 4 is 11.6 Å². The molecule has 0 spiro atoms. The van der Waals surface area contributed by atoms with Gasteiger partial charge in [-0.3, -0.25) is 14.9 Å². The zero-order chi connectivity index (χ0) is 19.7. The van der Waals surface area contributed by atoms with Gasteiger partial charge in [0.1, 0.15) is 11.9 Å². The van der Waals surface area contributed by atoms with Crippen molar-refractivity contribution in [2.45, 2.75) is 6.04 Å². The Morgan fingerprint density at radius 2 is 2.25 bits per heavy atom. The van der Waals surface area contributed by atoms with Gasteiger partial charge in [-0.2, -0.15) is 0 Å². The first-order valence-corrected chi connectivity index (χ1v) is 8.70. The van der Waals surface area contributed by atoms with Crippen LogP contribution in [0.4, 0.5) is 5.69 Å². The normalized spacial score (nSPS) is 16.9. The Hall–Kier alpha value is -3.60. The number of hydrogen-bond donors (Lipinski definition) is 1. The fourth-order valence-corrected chi connectivity index (χ4v) is 3.26. The van der Waals surface area contributed by atoms with Gasteiger partial charge in [-0.05, 0) is 6.07 Å². The highest BCUT2D eigenvalue weighted by atomic mass is 16.6. The Balaban J connectivity index is 1.61. The van der Waals surface area contributed by atoms with Crippen LogP contribution < -0.4 is 5.32 Å². The summed E-state index contributed by atoms with van der Waals surface area (Å²) >= 11 is 0. The van der Waals surface area contributed by atoms with E-state index in [0.29, 0.717) is 25.3 Å². The molecular formula is C17H18N8O3. The number of piperazine rings is 1. The second-order valence-corrected chi connectivity index (χ2v) is 6.44. The lowest BCUT2D eigenvalue weighted by atomic mass is 10.1. The van der Waals surface area contributed by atoms with Crippen LogP contribution in [0, 0.1) is 10.1 Å². The number of aromatic nitrogens is 5. The standard InChI is InChI=1S/C17H18N8O3/c1-22-7-6-19-16(22)15-10-18-5-8-23(15)17(26)14-11-24(21-20-14)12-3-2-4-13(9-12)25(27)28/h2-4,6-7,9,11,15,18H,5,8,10H2,1H3. The van der Waals surface area contributed by atoms with Gasteiger partial charge >= 0.3 is 0 Å². The molecule has 4 rings (SSSR count). The third kappa shape index (κ3) is 3.22. The van der Waals surface area contributed by atoms with Crippen LogP contribution >= 0.6 is 0 Å². The molecule has 11 heteroatoms. The van der Waals surface area contributed by atoms with Gasteiger partial charge in [-0.1, -0.05) is 11.3 Å². The van der Waals surface area contributed by atoms with Crippen molar-refractivity contribution in [1.82, 2.24) is 34.8 Å². The molecule has 1 aliphatic heterocycles. The number of carbonyl (C=O) groups excluding carboxylic acids is 1. The summed E-state index contributed by atoms with van der Waals surface area (Å²) in [6, 6.07) is 5.78. The first-order valence-electron chi connectivity index (χ1n) is 8.70. The summed E-state index contributed by atoms with van der Waals surface area (Å²) in [5, 5.41) is 22.2. The molecule has 0 radical (unpaired) electrons. The van der Waals surface area contributed by atoms with Crippen LogP contribution in [0.25, 0.3) is 5.69 Å². The fourth-order valence-electron chi connectivity index (χ4n) is 3.26. The van der Waals surface area contributed by atoms with Crippen molar-refractivity contribution in [1.29, 1.82) is 0 Å². The molecule has 1 unspecified atom stereocenters. The maximum absolute atomic E-state index is 13.1. The van der Waals surface area contributed by atoms with Crippen molar-refractivity contribution in [2.75, 3.05) is 19.6 Å². The van der Waals surface area contributed by atoms with Gasteiger partial charge in [-0.15, -0.1) is 5.10 Å². The molecule has 11 nitrogen and oxygen atoms in total. The SMILES string of the molecule is Cn1ccnc1C1CNCCN1C(=O)c1cn(-c2cccc([N+](=O)[O-])c2)nn1. The molecule has 1 atom stereocenters. The number of nitro benzene ring substituents is 1. The number of carbonyl (C=O) groups is 1. The molecule has 3 aromatic rings. The number of nitrogens with one attached hydrogen (secondary N) is 1. The van der Waals surface area contributed by atoms with Crippen LogP contribution in [-0.2, 0) is 7.05 Å². The second kappa shape index (κ2) is 7.19. The monoisotopic (exact) mass is 382 g/mol. The molecule has 144 valence electrons. The minimum Gasteiger partial charge on any atom is -0.336 e. The molecule has 0 bridgehead atoms. The summed E-state index contributed by atoms with van der Waals surface area (Å²) in [6.45, 7) is 1.78. The molecular weight excluding hydrogens is 364 g/mol. The average Bonchev–Trinajstić information content (AvgIpc) is 3.37. The van der Waals surface area contributed by atoms with Crippen LogP contribution in [0.15, 0.2) is 42.9 Å². The van der Waals surface area contributed by atoms with Crippen LogP contribution in [0.5, 0.6) is 0 Å². The molecule has 3 heterocycles. The minimum atomic E-state index is -0.481. The summed E-state index contributed by atoms with van der Waals surface area (Å²) in [5.41, 5.74) is 0.576. The van der Waals surface area contributed by atoms with Crippen molar-refractivity contribution in [3.63, 3.8) is 0 Å². The molecule has 28 heavy (non-hydrogen) atoms. The topological polar surface area (TPSA) is 124 Å². The van der Waals surface area contributed by atoms with Crippen molar-refractivity contribution < 1.29 is 9.72 Å². The zero-order valence-corrected chi connectivity index (χ0v) is 15.1. The number of nitrogens with zero attached hydrogens (tertiary/aromatic N) is 7. The lowest BCUT2D eigenvalue weighted by molar-refractivity contribution is -0.384. The number of non-ortho nitro benzene ring substituents is 1. The van der Waals surface area contributed by atoms with E-state index in [-0.39, 0.29) is 23.3 Å². The van der Waals surface area contributed by atoms with Crippen LogP contribution in [0.3, 0.4) is 0 Å². The Morgan fingerprint density at radius 1 is 1.39 bits per heavy atom. The van der Waals surface area contributed by atoms with E-state index in [2.05, 4.69) is 20.6 Å². The number of amides is 1. The fraction of sp³-hybridized carbons (Fsp3) is 0.294. The van der Waals surface area contributed by atoms with Gasteiger partial charge in [0.25, 0.3) is 11.6 Å². The highest BCUT2D eigenvalue weighted by Crippen LogP contribution is 2.23. The van der Waals surface area contributed by atoms with Gasteiger partial charge in [0.2, 0.25) is 0 Å². The Morgan fingerprint density at radius 3 is 3.00 bits per heavy atom. The first-order chi connectivity index (χ1) is 13.5. The molecule has 1 aliphatic rings. The summed E-state index contributed by atoms with van der Waals surface area (Å²) < 4.78 is 3.25. The van der Waals surface area contributed by atoms with Crippen molar-refractivity contribution in [2.24, 2.45) is 7.05 Å². The predicted octanol–water partition coefficient (Wildman–Crippen LogP) is 0.696. The van der Waals surface area contributed by atoms with Gasteiger partial charge < -0.3 is 14.8 Å². The quantitative estimate of drug-likeness (QED) is 0.520. The number of imidazole rings is 1. The van der Waals surface area contributed by atoms with E-state index in [0.717, 1.165) is 5.82 Å².